The highest BCUT2D eigenvalue weighted by Gasteiger charge is 2.35. The Morgan fingerprint density at radius 1 is 1.30 bits per heavy atom. The summed E-state index contributed by atoms with van der Waals surface area (Å²) in [4.78, 5) is 30.5. The van der Waals surface area contributed by atoms with E-state index in [1.807, 2.05) is 37.1 Å². The van der Waals surface area contributed by atoms with Gasteiger partial charge in [0.05, 0.1) is 6.04 Å². The lowest BCUT2D eigenvalue weighted by atomic mass is 9.99. The normalized spacial score (nSPS) is 19.4. The van der Waals surface area contributed by atoms with Gasteiger partial charge in [0.2, 0.25) is 11.8 Å². The Balaban J connectivity index is 1.76. The Morgan fingerprint density at radius 2 is 2.04 bits per heavy atom. The summed E-state index contributed by atoms with van der Waals surface area (Å²) in [5.74, 6) is -0.273. The van der Waals surface area contributed by atoms with Gasteiger partial charge in [-0.15, -0.1) is 0 Å². The zero-order valence-electron chi connectivity index (χ0n) is 16.4. The molecule has 146 valence electrons. The third-order valence-electron chi connectivity index (χ3n) is 5.43. The SMILES string of the molecule is CC(C)C(NC(=O)[C@H](C)N)C(=O)N1CCCC1Cc1c[nH]c2ccccc12. The number of carbonyl (C=O) groups is 2. The summed E-state index contributed by atoms with van der Waals surface area (Å²) in [7, 11) is 0. The lowest BCUT2D eigenvalue weighted by molar-refractivity contribution is -0.138. The van der Waals surface area contributed by atoms with Gasteiger partial charge in [0, 0.05) is 29.7 Å². The fraction of sp³-hybridized carbons (Fsp3) is 0.524. The second-order valence-corrected chi connectivity index (χ2v) is 7.91. The first kappa shape index (κ1) is 19.4. The molecule has 2 aromatic rings. The van der Waals surface area contributed by atoms with Gasteiger partial charge in [-0.3, -0.25) is 9.59 Å². The highest BCUT2D eigenvalue weighted by Crippen LogP contribution is 2.26. The lowest BCUT2D eigenvalue weighted by Gasteiger charge is -2.31. The molecule has 0 saturated carbocycles. The Bertz CT molecular complexity index is 811. The molecule has 1 aliphatic rings. The fourth-order valence-corrected chi connectivity index (χ4v) is 3.87. The molecule has 1 saturated heterocycles. The summed E-state index contributed by atoms with van der Waals surface area (Å²) in [6.07, 6.45) is 4.84. The number of para-hydroxylation sites is 1. The van der Waals surface area contributed by atoms with Crippen LogP contribution in [0.1, 0.15) is 39.2 Å². The molecule has 1 aromatic heterocycles. The number of rotatable bonds is 6. The summed E-state index contributed by atoms with van der Waals surface area (Å²) in [6.45, 7) is 6.28. The molecule has 0 aliphatic carbocycles. The van der Waals surface area contributed by atoms with Gasteiger partial charge in [0.15, 0.2) is 0 Å². The number of amides is 2. The number of fused-ring (bicyclic) bond motifs is 1. The molecule has 1 aliphatic heterocycles. The average Bonchev–Trinajstić information content (AvgIpc) is 3.26. The first-order valence-electron chi connectivity index (χ1n) is 9.80. The number of benzene rings is 1. The Labute approximate surface area is 160 Å². The van der Waals surface area contributed by atoms with Gasteiger partial charge in [-0.25, -0.2) is 0 Å². The fourth-order valence-electron chi connectivity index (χ4n) is 3.87. The largest absolute Gasteiger partial charge is 0.361 e. The number of H-pyrrole nitrogens is 1. The minimum absolute atomic E-state index is 0.00124. The number of aromatic nitrogens is 1. The van der Waals surface area contributed by atoms with E-state index in [9.17, 15) is 9.59 Å². The number of hydrogen-bond donors (Lipinski definition) is 3. The Kier molecular flexibility index (Phi) is 5.85. The van der Waals surface area contributed by atoms with Gasteiger partial charge in [0.1, 0.15) is 6.04 Å². The summed E-state index contributed by atoms with van der Waals surface area (Å²) < 4.78 is 0. The minimum atomic E-state index is -0.625. The standard InChI is InChI=1S/C21H30N4O2/c1-13(2)19(24-20(26)14(3)22)21(27)25-10-6-7-16(25)11-15-12-23-18-9-5-4-8-17(15)18/h4-5,8-9,12-14,16,19,23H,6-7,10-11,22H2,1-3H3,(H,24,26)/t14-,16?,19?/m0/s1. The summed E-state index contributed by atoms with van der Waals surface area (Å²) >= 11 is 0. The predicted molar refractivity (Wildman–Crippen MR) is 107 cm³/mol. The minimum Gasteiger partial charge on any atom is -0.361 e. The third kappa shape index (κ3) is 4.16. The maximum atomic E-state index is 13.2. The number of carbonyl (C=O) groups excluding carboxylic acids is 2. The van der Waals surface area contributed by atoms with Crippen molar-refractivity contribution in [2.75, 3.05) is 6.54 Å². The van der Waals surface area contributed by atoms with E-state index in [4.69, 9.17) is 5.73 Å². The van der Waals surface area contributed by atoms with Gasteiger partial charge in [-0.05, 0) is 43.7 Å². The van der Waals surface area contributed by atoms with Crippen LogP contribution in [0.25, 0.3) is 10.9 Å². The van der Waals surface area contributed by atoms with E-state index in [0.717, 1.165) is 31.3 Å². The second-order valence-electron chi connectivity index (χ2n) is 7.91. The summed E-state index contributed by atoms with van der Waals surface area (Å²) in [5.41, 5.74) is 8.02. The van der Waals surface area contributed by atoms with Crippen LogP contribution in [0.2, 0.25) is 0 Å². The second kappa shape index (κ2) is 8.13. The quantitative estimate of drug-likeness (QED) is 0.728. The van der Waals surface area contributed by atoms with Crippen LogP contribution in [0.3, 0.4) is 0 Å². The van der Waals surface area contributed by atoms with Crippen LogP contribution in [0.15, 0.2) is 30.5 Å². The van der Waals surface area contributed by atoms with E-state index in [-0.39, 0.29) is 23.8 Å². The van der Waals surface area contributed by atoms with E-state index in [1.54, 1.807) is 6.92 Å². The number of aromatic amines is 1. The molecule has 6 heteroatoms. The van der Waals surface area contributed by atoms with Crippen LogP contribution >= 0.6 is 0 Å². The zero-order chi connectivity index (χ0) is 19.6. The maximum Gasteiger partial charge on any atom is 0.245 e. The molecular weight excluding hydrogens is 340 g/mol. The summed E-state index contributed by atoms with van der Waals surface area (Å²) in [6, 6.07) is 7.23. The van der Waals surface area contributed by atoms with E-state index in [1.165, 1.54) is 10.9 Å². The topological polar surface area (TPSA) is 91.2 Å². The highest BCUT2D eigenvalue weighted by atomic mass is 16.2. The molecule has 1 aromatic carbocycles. The molecule has 4 N–H and O–H groups in total. The van der Waals surface area contributed by atoms with Crippen molar-refractivity contribution in [2.24, 2.45) is 11.7 Å². The molecule has 0 spiro atoms. The van der Waals surface area contributed by atoms with Crippen molar-refractivity contribution >= 4 is 22.7 Å². The predicted octanol–water partition coefficient (Wildman–Crippen LogP) is 2.19. The van der Waals surface area contributed by atoms with Crippen LogP contribution in [0.4, 0.5) is 0 Å². The Morgan fingerprint density at radius 3 is 2.74 bits per heavy atom. The molecule has 3 atom stereocenters. The van der Waals surface area contributed by atoms with E-state index in [0.29, 0.717) is 0 Å². The molecule has 0 bridgehead atoms. The molecule has 1 fully saturated rings. The summed E-state index contributed by atoms with van der Waals surface area (Å²) in [5, 5.41) is 4.05. The molecule has 27 heavy (non-hydrogen) atoms. The molecule has 3 rings (SSSR count). The first-order chi connectivity index (χ1) is 12.9. The van der Waals surface area contributed by atoms with Crippen molar-refractivity contribution in [3.63, 3.8) is 0 Å². The number of nitrogens with two attached hydrogens (primary N) is 1. The first-order valence-corrected chi connectivity index (χ1v) is 9.80. The Hall–Kier alpha value is -2.34. The van der Waals surface area contributed by atoms with Crippen molar-refractivity contribution in [1.29, 1.82) is 0 Å². The van der Waals surface area contributed by atoms with Crippen LogP contribution in [-0.2, 0) is 16.0 Å². The number of likely N-dealkylation sites (tertiary alicyclic amines) is 1. The van der Waals surface area contributed by atoms with Crippen LogP contribution in [0, 0.1) is 5.92 Å². The van der Waals surface area contributed by atoms with E-state index >= 15 is 0 Å². The van der Waals surface area contributed by atoms with Crippen molar-refractivity contribution in [1.82, 2.24) is 15.2 Å². The van der Waals surface area contributed by atoms with Crippen molar-refractivity contribution < 1.29 is 9.59 Å². The van der Waals surface area contributed by atoms with Crippen LogP contribution < -0.4 is 11.1 Å². The monoisotopic (exact) mass is 370 g/mol. The van der Waals surface area contributed by atoms with Crippen molar-refractivity contribution in [3.05, 3.63) is 36.0 Å². The van der Waals surface area contributed by atoms with Crippen LogP contribution in [0.5, 0.6) is 0 Å². The van der Waals surface area contributed by atoms with Gasteiger partial charge in [-0.1, -0.05) is 32.0 Å². The van der Waals surface area contributed by atoms with Crippen LogP contribution in [-0.4, -0.2) is 46.4 Å². The van der Waals surface area contributed by atoms with Crippen molar-refractivity contribution in [2.45, 2.75) is 58.2 Å². The number of nitrogens with one attached hydrogen (secondary N) is 2. The highest BCUT2D eigenvalue weighted by molar-refractivity contribution is 5.90. The molecule has 2 amide bonds. The average molecular weight is 370 g/mol. The van der Waals surface area contributed by atoms with Gasteiger partial charge in [0.25, 0.3) is 0 Å². The third-order valence-corrected chi connectivity index (χ3v) is 5.43. The van der Waals surface area contributed by atoms with E-state index < -0.39 is 12.1 Å². The molecule has 2 unspecified atom stereocenters. The van der Waals surface area contributed by atoms with Gasteiger partial charge in [-0.2, -0.15) is 0 Å². The molecule has 0 radical (unpaired) electrons. The van der Waals surface area contributed by atoms with Gasteiger partial charge >= 0.3 is 0 Å². The lowest BCUT2D eigenvalue weighted by Crippen LogP contribution is -2.55. The smallest absolute Gasteiger partial charge is 0.245 e. The van der Waals surface area contributed by atoms with E-state index in [2.05, 4.69) is 22.4 Å². The molecular formula is C21H30N4O2. The number of hydrogen-bond acceptors (Lipinski definition) is 3. The molecule has 6 nitrogen and oxygen atoms in total. The molecule has 2 heterocycles. The van der Waals surface area contributed by atoms with Crippen molar-refractivity contribution in [3.8, 4) is 0 Å². The van der Waals surface area contributed by atoms with Gasteiger partial charge < -0.3 is 20.9 Å². The number of nitrogens with zero attached hydrogens (tertiary/aromatic N) is 1. The zero-order valence-corrected chi connectivity index (χ0v) is 16.4. The maximum absolute atomic E-state index is 13.2.